The number of phenols is 1. The molecule has 0 unspecified atom stereocenters. The molecule has 320 valence electrons. The molecule has 4 aromatic carbocycles. The summed E-state index contributed by atoms with van der Waals surface area (Å²) in [6, 6.07) is 21.3. The molecule has 0 atom stereocenters. The molecule has 4 rings (SSSR count). The Morgan fingerprint density at radius 2 is 0.898 bits per heavy atom. The summed E-state index contributed by atoms with van der Waals surface area (Å²) in [5.41, 5.74) is 1.95. The molecule has 59 heavy (non-hydrogen) atoms. The van der Waals surface area contributed by atoms with Crippen LogP contribution in [0.1, 0.15) is 141 Å². The minimum atomic E-state index is -4.68. The largest absolute Gasteiger partial charge is 2.00 e. The number of aryl methyl sites for hydroxylation is 2. The Morgan fingerprint density at radius 3 is 1.34 bits per heavy atom. The molecule has 0 radical (unpaired) electrons. The van der Waals surface area contributed by atoms with Crippen LogP contribution in [0.3, 0.4) is 0 Å². The van der Waals surface area contributed by atoms with E-state index in [0.29, 0.717) is 0 Å². The molecule has 0 aliphatic carbocycles. The maximum Gasteiger partial charge on any atom is 2.00 e. The van der Waals surface area contributed by atoms with Crippen LogP contribution in [0.25, 0.3) is 0 Å². The Morgan fingerprint density at radius 1 is 0.508 bits per heavy atom. The van der Waals surface area contributed by atoms with E-state index in [0.717, 1.165) is 43.2 Å². The normalized spacial score (nSPS) is 11.3. The van der Waals surface area contributed by atoms with Crippen LogP contribution < -0.4 is 14.6 Å². The first-order chi connectivity index (χ1) is 27.8. The number of unbranched alkanes of at least 4 members (excludes halogenated alkanes) is 16. The summed E-state index contributed by atoms with van der Waals surface area (Å²) in [6.07, 6.45) is 24.3. The minimum absolute atomic E-state index is 0. The number of hydrogen-bond donors (Lipinski definition) is 2. The number of aromatic hydroxyl groups is 1. The van der Waals surface area contributed by atoms with Gasteiger partial charge >= 0.3 is 37.7 Å². The first kappa shape index (κ1) is 52.3. The van der Waals surface area contributed by atoms with Gasteiger partial charge in [-0.2, -0.15) is 8.42 Å². The van der Waals surface area contributed by atoms with Crippen LogP contribution >= 0.6 is 0 Å². The average molecular weight is 879 g/mol. The Hall–Kier alpha value is -2.84. The molecule has 0 aliphatic heterocycles. The summed E-state index contributed by atoms with van der Waals surface area (Å²) in [6.45, 7) is 4.46. The average Bonchev–Trinajstić information content (AvgIpc) is 3.18. The van der Waals surface area contributed by atoms with E-state index in [-0.39, 0.29) is 77.1 Å². The standard InChI is InChI=1S/2C23H32O5S.Ca/c2*1-2-3-4-5-6-7-8-9-10-13-19-16-17-21(20(24)18-19)28-22-14-11-12-15-23(22)29(25,26)27;/h2*11-12,14-18,24H,2-10,13H2,1H3,(H,25,26,27);/q;;+2/p-2. The predicted molar refractivity (Wildman–Crippen MR) is 232 cm³/mol. The third kappa shape index (κ3) is 20.5. The molecule has 0 aliphatic rings. The van der Waals surface area contributed by atoms with Gasteiger partial charge in [-0.1, -0.05) is 165 Å². The van der Waals surface area contributed by atoms with Gasteiger partial charge < -0.3 is 24.2 Å². The van der Waals surface area contributed by atoms with Gasteiger partial charge in [0.25, 0.3) is 10.1 Å². The maximum atomic E-state index is 12.3. The summed E-state index contributed by atoms with van der Waals surface area (Å²) in [5, 5.41) is 22.6. The van der Waals surface area contributed by atoms with Gasteiger partial charge in [-0.15, -0.1) is 0 Å². The van der Waals surface area contributed by atoms with Crippen LogP contribution in [0, 0.1) is 0 Å². The zero-order valence-corrected chi connectivity index (χ0v) is 38.8. The number of hydrogen-bond acceptors (Lipinski definition) is 9. The monoisotopic (exact) mass is 878 g/mol. The van der Waals surface area contributed by atoms with Gasteiger partial charge in [-0.05, 0) is 79.3 Å². The fourth-order valence-corrected chi connectivity index (χ4v) is 7.82. The maximum absolute atomic E-state index is 12.3. The summed E-state index contributed by atoms with van der Waals surface area (Å²) in [5.74, 6) is -0.378. The molecule has 0 saturated heterocycles. The van der Waals surface area contributed by atoms with E-state index in [2.05, 4.69) is 13.8 Å². The van der Waals surface area contributed by atoms with E-state index >= 15 is 0 Å². The second-order valence-electron chi connectivity index (χ2n) is 14.8. The van der Waals surface area contributed by atoms with Crippen molar-refractivity contribution in [3.05, 3.63) is 96.1 Å². The second-order valence-corrected chi connectivity index (χ2v) is 17.5. The van der Waals surface area contributed by atoms with Crippen molar-refractivity contribution in [1.82, 2.24) is 0 Å². The minimum Gasteiger partial charge on any atom is -0.870 e. The summed E-state index contributed by atoms with van der Waals surface area (Å²) in [7, 11) is -9.09. The zero-order chi connectivity index (χ0) is 42.2. The molecule has 0 saturated carbocycles. The first-order valence-electron chi connectivity index (χ1n) is 20.9. The Bertz CT molecular complexity index is 1870. The van der Waals surface area contributed by atoms with Gasteiger partial charge in [0.1, 0.15) is 32.3 Å². The number of para-hydroxylation sites is 2. The SMILES string of the molecule is CCCCCCCCCCCc1ccc(Oc2ccccc2S(=O)(=O)O)c(O)c1.CCCCCCCCCCCc1ccc(Oc2ccccc2S(=O)(=O)[O-])c([O-])c1.[Ca+2]. The fourth-order valence-electron chi connectivity index (χ4n) is 6.60. The van der Waals surface area contributed by atoms with Gasteiger partial charge in [0.15, 0.2) is 11.5 Å². The zero-order valence-electron chi connectivity index (χ0n) is 34.9. The van der Waals surface area contributed by atoms with Crippen molar-refractivity contribution in [3.8, 4) is 34.5 Å². The molecule has 0 aromatic heterocycles. The molecule has 0 amide bonds. The van der Waals surface area contributed by atoms with Gasteiger partial charge in [0.05, 0.1) is 4.90 Å². The molecule has 10 nitrogen and oxygen atoms in total. The molecular weight excluding hydrogens is 817 g/mol. The van der Waals surface area contributed by atoms with Crippen molar-refractivity contribution in [2.45, 2.75) is 152 Å². The van der Waals surface area contributed by atoms with Gasteiger partial charge in [0, 0.05) is 0 Å². The van der Waals surface area contributed by atoms with Crippen molar-refractivity contribution in [2.24, 2.45) is 0 Å². The molecule has 0 fully saturated rings. The van der Waals surface area contributed by atoms with Crippen LogP contribution in [0.4, 0.5) is 0 Å². The van der Waals surface area contributed by atoms with E-state index in [9.17, 15) is 36.2 Å². The van der Waals surface area contributed by atoms with Crippen molar-refractivity contribution < 1.29 is 45.6 Å². The van der Waals surface area contributed by atoms with Crippen LogP contribution in [-0.4, -0.2) is 68.8 Å². The van der Waals surface area contributed by atoms with E-state index in [1.807, 2.05) is 12.1 Å². The van der Waals surface area contributed by atoms with Crippen molar-refractivity contribution in [1.29, 1.82) is 0 Å². The van der Waals surface area contributed by atoms with E-state index < -0.39 is 25.1 Å². The second kappa shape index (κ2) is 28.6. The number of phenolic OH excluding ortho intramolecular Hbond substituents is 1. The molecule has 2 N–H and O–H groups in total. The van der Waals surface area contributed by atoms with E-state index in [1.54, 1.807) is 30.3 Å². The van der Waals surface area contributed by atoms with Crippen LogP contribution in [0.2, 0.25) is 0 Å². The van der Waals surface area contributed by atoms with Gasteiger partial charge in [0.2, 0.25) is 0 Å². The third-order valence-corrected chi connectivity index (χ3v) is 11.6. The number of benzene rings is 4. The fraction of sp³-hybridized carbons (Fsp3) is 0.478. The van der Waals surface area contributed by atoms with Crippen molar-refractivity contribution >= 4 is 58.0 Å². The molecule has 0 spiro atoms. The first-order valence-corrected chi connectivity index (χ1v) is 23.8. The quantitative estimate of drug-likeness (QED) is 0.0351. The summed E-state index contributed by atoms with van der Waals surface area (Å²) >= 11 is 0. The number of rotatable bonds is 26. The van der Waals surface area contributed by atoms with E-state index in [1.165, 1.54) is 139 Å². The molecule has 13 heteroatoms. The van der Waals surface area contributed by atoms with Crippen molar-refractivity contribution in [3.63, 3.8) is 0 Å². The Balaban J connectivity index is 0.000000400. The van der Waals surface area contributed by atoms with Crippen molar-refractivity contribution in [2.75, 3.05) is 0 Å². The van der Waals surface area contributed by atoms with Gasteiger partial charge in [-0.25, -0.2) is 8.42 Å². The molecule has 4 aromatic rings. The summed E-state index contributed by atoms with van der Waals surface area (Å²) in [4.78, 5) is -0.809. The molecule has 0 heterocycles. The van der Waals surface area contributed by atoms with Crippen LogP contribution in [-0.2, 0) is 33.1 Å². The molecule has 0 bridgehead atoms. The summed E-state index contributed by atoms with van der Waals surface area (Å²) < 4.78 is 77.2. The van der Waals surface area contributed by atoms with Gasteiger partial charge in [-0.3, -0.25) is 4.55 Å². The topological polar surface area (TPSA) is 173 Å². The Labute approximate surface area is 383 Å². The van der Waals surface area contributed by atoms with Crippen LogP contribution in [0.15, 0.2) is 94.7 Å². The predicted octanol–water partition coefficient (Wildman–Crippen LogP) is 11.7. The Kier molecular flexibility index (Phi) is 25.4. The number of ether oxygens (including phenoxy) is 2. The van der Waals surface area contributed by atoms with Crippen LogP contribution in [0.5, 0.6) is 34.5 Å². The van der Waals surface area contributed by atoms with E-state index in [4.69, 9.17) is 9.47 Å². The molecular formula is C46H62CaO10S2. The third-order valence-electron chi connectivity index (χ3n) is 9.85. The smallest absolute Gasteiger partial charge is 0.870 e.